The second-order valence-electron chi connectivity index (χ2n) is 8.97. The first-order chi connectivity index (χ1) is 12.7. The highest BCUT2D eigenvalue weighted by Gasteiger charge is 2.23. The summed E-state index contributed by atoms with van der Waals surface area (Å²) in [4.78, 5) is 0. The van der Waals surface area contributed by atoms with Gasteiger partial charge in [0, 0.05) is 6.42 Å². The Kier molecular flexibility index (Phi) is 18.3. The molecular formula is C22H43Cl3Si2. The standard InChI is InChI=1S/C22H43Cl3Si2/c1-26(2,3)21-19-17-15-13-11-9-7-5-4-6-8-10-12-14-16-18-20-22-27(23,24)25/h4-18,20,22H2,1-3H3. The Morgan fingerprint density at radius 3 is 1.19 bits per heavy atom. The van der Waals surface area contributed by atoms with Gasteiger partial charge in [-0.15, -0.1) is 44.7 Å². The Morgan fingerprint density at radius 1 is 0.519 bits per heavy atom. The Hall–Kier alpha value is 0.864. The molecule has 0 bridgehead atoms. The molecular weight excluding hydrogens is 427 g/mol. The molecule has 0 atom stereocenters. The second-order valence-corrected chi connectivity index (χ2v) is 23.0. The fourth-order valence-electron chi connectivity index (χ4n) is 3.16. The molecule has 0 radical (unpaired) electrons. The van der Waals surface area contributed by atoms with Crippen LogP contribution in [0.15, 0.2) is 0 Å². The molecule has 0 heterocycles. The van der Waals surface area contributed by atoms with E-state index in [1.165, 1.54) is 89.9 Å². The molecule has 0 saturated heterocycles. The van der Waals surface area contributed by atoms with Gasteiger partial charge in [0.15, 0.2) is 0 Å². The van der Waals surface area contributed by atoms with Crippen LogP contribution in [0, 0.1) is 11.5 Å². The maximum absolute atomic E-state index is 5.89. The summed E-state index contributed by atoms with van der Waals surface area (Å²) in [6, 6.07) is -1.54. The van der Waals surface area contributed by atoms with Gasteiger partial charge in [0.1, 0.15) is 8.07 Å². The first-order valence-corrected chi connectivity index (χ1v) is 20.0. The van der Waals surface area contributed by atoms with Gasteiger partial charge in [-0.3, -0.25) is 0 Å². The molecule has 0 aliphatic heterocycles. The SMILES string of the molecule is C[Si](C)(C)C#CCCCCCCCCCCCCCCCCC[Si](Cl)(Cl)Cl. The predicted molar refractivity (Wildman–Crippen MR) is 133 cm³/mol. The lowest BCUT2D eigenvalue weighted by molar-refractivity contribution is 0.533. The lowest BCUT2D eigenvalue weighted by Gasteiger charge is -2.07. The zero-order valence-electron chi connectivity index (χ0n) is 18.2. The van der Waals surface area contributed by atoms with Crippen molar-refractivity contribution < 1.29 is 0 Å². The Labute approximate surface area is 186 Å². The third-order valence-corrected chi connectivity index (χ3v) is 8.27. The van der Waals surface area contributed by atoms with Crippen LogP contribution in [0.25, 0.3) is 0 Å². The van der Waals surface area contributed by atoms with Crippen molar-refractivity contribution in [3.05, 3.63) is 0 Å². The van der Waals surface area contributed by atoms with Crippen molar-refractivity contribution in [2.45, 2.75) is 128 Å². The van der Waals surface area contributed by atoms with Gasteiger partial charge in [0.2, 0.25) is 0 Å². The number of halogens is 3. The van der Waals surface area contributed by atoms with Gasteiger partial charge < -0.3 is 0 Å². The van der Waals surface area contributed by atoms with E-state index in [1.54, 1.807) is 0 Å². The van der Waals surface area contributed by atoms with E-state index in [2.05, 4.69) is 31.1 Å². The monoisotopic (exact) mass is 468 g/mol. The van der Waals surface area contributed by atoms with Crippen molar-refractivity contribution in [3.63, 3.8) is 0 Å². The van der Waals surface area contributed by atoms with Gasteiger partial charge in [-0.2, -0.15) is 0 Å². The smallest absolute Gasteiger partial charge is 0.132 e. The van der Waals surface area contributed by atoms with E-state index in [0.717, 1.165) is 18.9 Å². The third-order valence-electron chi connectivity index (χ3n) is 4.73. The minimum absolute atomic E-state index is 0.824. The van der Waals surface area contributed by atoms with Crippen LogP contribution in [0.5, 0.6) is 0 Å². The summed E-state index contributed by atoms with van der Waals surface area (Å²) in [7, 11) is -1.15. The van der Waals surface area contributed by atoms with E-state index in [1.807, 2.05) is 0 Å². The van der Waals surface area contributed by atoms with E-state index in [0.29, 0.717) is 0 Å². The van der Waals surface area contributed by atoms with Crippen LogP contribution in [0.1, 0.15) is 103 Å². The maximum Gasteiger partial charge on any atom is 0.341 e. The van der Waals surface area contributed by atoms with Gasteiger partial charge >= 0.3 is 6.00 Å². The summed E-state index contributed by atoms with van der Waals surface area (Å²) in [6.45, 7) is 6.95. The first kappa shape index (κ1) is 27.9. The number of unbranched alkanes of at least 4 members (excludes halogenated alkanes) is 15. The van der Waals surface area contributed by atoms with Gasteiger partial charge in [-0.05, 0) is 12.5 Å². The molecule has 0 unspecified atom stereocenters. The molecule has 5 heteroatoms. The molecule has 0 spiro atoms. The van der Waals surface area contributed by atoms with E-state index in [9.17, 15) is 0 Å². The van der Waals surface area contributed by atoms with E-state index in [4.69, 9.17) is 33.2 Å². The second kappa shape index (κ2) is 17.7. The Morgan fingerprint density at radius 2 is 0.852 bits per heavy atom. The Balaban J connectivity index is 3.14. The molecule has 0 nitrogen and oxygen atoms in total. The fourth-order valence-corrected chi connectivity index (χ4v) is 5.67. The van der Waals surface area contributed by atoms with Crippen molar-refractivity contribution in [3.8, 4) is 11.5 Å². The van der Waals surface area contributed by atoms with E-state index < -0.39 is 14.1 Å². The highest BCUT2D eigenvalue weighted by Crippen LogP contribution is 2.27. The van der Waals surface area contributed by atoms with Crippen molar-refractivity contribution in [2.24, 2.45) is 0 Å². The minimum Gasteiger partial charge on any atom is -0.132 e. The van der Waals surface area contributed by atoms with Gasteiger partial charge in [0.05, 0.1) is 0 Å². The molecule has 27 heavy (non-hydrogen) atoms. The molecule has 0 fully saturated rings. The van der Waals surface area contributed by atoms with Crippen LogP contribution in [0.2, 0.25) is 25.7 Å². The third kappa shape index (κ3) is 26.9. The van der Waals surface area contributed by atoms with Crippen LogP contribution in [0.3, 0.4) is 0 Å². The summed E-state index contributed by atoms with van der Waals surface area (Å²) in [5, 5.41) is 0. The fraction of sp³-hybridized carbons (Fsp3) is 0.909. The van der Waals surface area contributed by atoms with Crippen LogP contribution >= 0.6 is 33.2 Å². The van der Waals surface area contributed by atoms with Crippen LogP contribution in [0.4, 0.5) is 0 Å². The topological polar surface area (TPSA) is 0 Å². The number of hydrogen-bond acceptors (Lipinski definition) is 0. The molecule has 0 aliphatic carbocycles. The average Bonchev–Trinajstić information content (AvgIpc) is 2.55. The quantitative estimate of drug-likeness (QED) is 0.0860. The number of rotatable bonds is 17. The van der Waals surface area contributed by atoms with Crippen molar-refractivity contribution >= 4 is 47.3 Å². The van der Waals surface area contributed by atoms with Crippen LogP contribution in [-0.2, 0) is 0 Å². The van der Waals surface area contributed by atoms with Crippen LogP contribution < -0.4 is 0 Å². The van der Waals surface area contributed by atoms with Crippen molar-refractivity contribution in [2.75, 3.05) is 0 Å². The molecule has 0 saturated carbocycles. The molecule has 0 amide bonds. The van der Waals surface area contributed by atoms with E-state index in [-0.39, 0.29) is 0 Å². The summed E-state index contributed by atoms with van der Waals surface area (Å²) >= 11 is 17.7. The first-order valence-electron chi connectivity index (χ1n) is 11.3. The van der Waals surface area contributed by atoms with Gasteiger partial charge in [-0.1, -0.05) is 110 Å². The molecule has 0 aromatic rings. The highest BCUT2D eigenvalue weighted by molar-refractivity contribution is 7.64. The lowest BCUT2D eigenvalue weighted by atomic mass is 10.0. The minimum atomic E-state index is -2.36. The van der Waals surface area contributed by atoms with Gasteiger partial charge in [0.25, 0.3) is 0 Å². The Bertz CT molecular complexity index is 389. The molecule has 0 N–H and O–H groups in total. The van der Waals surface area contributed by atoms with E-state index >= 15 is 0 Å². The normalized spacial score (nSPS) is 12.1. The molecule has 0 aromatic carbocycles. The predicted octanol–water partition coefficient (Wildman–Crippen LogP) is 9.76. The van der Waals surface area contributed by atoms with Crippen molar-refractivity contribution in [1.29, 1.82) is 0 Å². The van der Waals surface area contributed by atoms with Gasteiger partial charge in [-0.25, -0.2) is 0 Å². The molecule has 0 rings (SSSR count). The summed E-state index contributed by atoms with van der Waals surface area (Å²) in [5.41, 5.74) is 3.46. The van der Waals surface area contributed by atoms with Crippen molar-refractivity contribution in [1.82, 2.24) is 0 Å². The summed E-state index contributed by atoms with van der Waals surface area (Å²) in [5.74, 6) is 3.38. The molecule has 0 aliphatic rings. The lowest BCUT2D eigenvalue weighted by Crippen LogP contribution is -2.16. The summed E-state index contributed by atoms with van der Waals surface area (Å²) < 4.78 is 0. The number of hydrogen-bond donors (Lipinski definition) is 0. The zero-order chi connectivity index (χ0) is 20.4. The zero-order valence-corrected chi connectivity index (χ0v) is 22.4. The maximum atomic E-state index is 5.89. The largest absolute Gasteiger partial charge is 0.341 e. The average molecular weight is 470 g/mol. The van der Waals surface area contributed by atoms with Crippen LogP contribution in [-0.4, -0.2) is 14.1 Å². The molecule has 0 aromatic heterocycles. The highest BCUT2D eigenvalue weighted by atomic mass is 35.8. The summed E-state index contributed by atoms with van der Waals surface area (Å²) in [6.07, 6.45) is 21.5. The molecule has 160 valence electrons.